The third-order valence-corrected chi connectivity index (χ3v) is 4.50. The molecule has 0 bridgehead atoms. The van der Waals surface area contributed by atoms with E-state index in [1.807, 2.05) is 17.5 Å². The van der Waals surface area contributed by atoms with Gasteiger partial charge in [-0.1, -0.05) is 18.2 Å². The van der Waals surface area contributed by atoms with E-state index in [0.29, 0.717) is 13.0 Å². The molecule has 1 aromatic heterocycles. The number of ether oxygens (including phenoxy) is 1. The maximum Gasteiger partial charge on any atom is 0.225 e. The van der Waals surface area contributed by atoms with Crippen LogP contribution in [-0.4, -0.2) is 19.1 Å². The standard InChI is InChI=1S/C17H19NO2S/c19-17(12-15-4-2-10-21-15)18-8-7-13-5-6-16-14(11-13)3-1-9-20-16/h2,4-6,10-11H,1,3,7-9,12H2,(H,18,19). The second-order valence-corrected chi connectivity index (χ2v) is 6.28. The number of nitrogens with one attached hydrogen (secondary N) is 1. The number of carbonyl (C=O) groups excluding carboxylic acids is 1. The van der Waals surface area contributed by atoms with Crippen LogP contribution in [0.15, 0.2) is 35.7 Å². The Bertz CT molecular complexity index is 607. The summed E-state index contributed by atoms with van der Waals surface area (Å²) >= 11 is 1.62. The van der Waals surface area contributed by atoms with Crippen LogP contribution in [-0.2, 0) is 24.1 Å². The lowest BCUT2D eigenvalue weighted by Gasteiger charge is -2.17. The first-order valence-corrected chi connectivity index (χ1v) is 8.23. The average molecular weight is 301 g/mol. The molecule has 0 saturated heterocycles. The number of amides is 1. The molecule has 2 heterocycles. The molecule has 2 aromatic rings. The van der Waals surface area contributed by atoms with Crippen LogP contribution in [0.4, 0.5) is 0 Å². The molecule has 0 spiro atoms. The first kappa shape index (κ1) is 14.1. The van der Waals surface area contributed by atoms with E-state index in [-0.39, 0.29) is 5.91 Å². The number of carbonyl (C=O) groups is 1. The number of aryl methyl sites for hydroxylation is 1. The minimum Gasteiger partial charge on any atom is -0.493 e. The van der Waals surface area contributed by atoms with Crippen molar-refractivity contribution in [1.82, 2.24) is 5.32 Å². The molecule has 110 valence electrons. The average Bonchev–Trinajstić information content (AvgIpc) is 3.00. The van der Waals surface area contributed by atoms with E-state index in [9.17, 15) is 4.79 Å². The van der Waals surface area contributed by atoms with Crippen LogP contribution in [0.5, 0.6) is 5.75 Å². The van der Waals surface area contributed by atoms with Crippen molar-refractivity contribution in [2.24, 2.45) is 0 Å². The van der Waals surface area contributed by atoms with Gasteiger partial charge in [-0.2, -0.15) is 0 Å². The summed E-state index contributed by atoms with van der Waals surface area (Å²) in [6, 6.07) is 10.3. The first-order chi connectivity index (χ1) is 10.3. The molecule has 0 unspecified atom stereocenters. The van der Waals surface area contributed by atoms with Gasteiger partial charge in [-0.15, -0.1) is 11.3 Å². The molecule has 0 saturated carbocycles. The molecule has 1 N–H and O–H groups in total. The summed E-state index contributed by atoms with van der Waals surface area (Å²) in [4.78, 5) is 12.9. The Morgan fingerprint density at radius 1 is 1.33 bits per heavy atom. The van der Waals surface area contributed by atoms with Gasteiger partial charge in [0.2, 0.25) is 5.91 Å². The van der Waals surface area contributed by atoms with Crippen molar-refractivity contribution in [3.05, 3.63) is 51.7 Å². The SMILES string of the molecule is O=C(Cc1cccs1)NCCc1ccc2c(c1)CCCO2. The summed E-state index contributed by atoms with van der Waals surface area (Å²) in [5.41, 5.74) is 2.55. The lowest BCUT2D eigenvalue weighted by Crippen LogP contribution is -2.27. The number of hydrogen-bond acceptors (Lipinski definition) is 3. The van der Waals surface area contributed by atoms with Crippen molar-refractivity contribution < 1.29 is 9.53 Å². The molecule has 0 atom stereocenters. The lowest BCUT2D eigenvalue weighted by molar-refractivity contribution is -0.120. The molecule has 3 rings (SSSR count). The highest BCUT2D eigenvalue weighted by Crippen LogP contribution is 2.25. The summed E-state index contributed by atoms with van der Waals surface area (Å²) < 4.78 is 5.61. The minimum absolute atomic E-state index is 0.0961. The van der Waals surface area contributed by atoms with Crippen LogP contribution >= 0.6 is 11.3 Å². The molecule has 0 fully saturated rings. The van der Waals surface area contributed by atoms with Crippen molar-refractivity contribution in [2.75, 3.05) is 13.2 Å². The third-order valence-electron chi connectivity index (χ3n) is 3.62. The predicted octanol–water partition coefficient (Wildman–Crippen LogP) is 2.97. The van der Waals surface area contributed by atoms with E-state index in [4.69, 9.17) is 4.74 Å². The zero-order chi connectivity index (χ0) is 14.5. The summed E-state index contributed by atoms with van der Waals surface area (Å²) in [5.74, 6) is 1.12. The van der Waals surface area contributed by atoms with Crippen molar-refractivity contribution in [2.45, 2.75) is 25.7 Å². The van der Waals surface area contributed by atoms with Gasteiger partial charge in [0.1, 0.15) is 5.75 Å². The van der Waals surface area contributed by atoms with Gasteiger partial charge in [-0.05, 0) is 47.9 Å². The number of hydrogen-bond donors (Lipinski definition) is 1. The molecule has 1 amide bonds. The maximum absolute atomic E-state index is 11.8. The fraction of sp³-hybridized carbons (Fsp3) is 0.353. The van der Waals surface area contributed by atoms with E-state index in [2.05, 4.69) is 23.5 Å². The molecule has 1 aromatic carbocycles. The zero-order valence-corrected chi connectivity index (χ0v) is 12.7. The van der Waals surface area contributed by atoms with Gasteiger partial charge in [0, 0.05) is 11.4 Å². The summed E-state index contributed by atoms with van der Waals surface area (Å²) in [6.45, 7) is 1.51. The first-order valence-electron chi connectivity index (χ1n) is 7.35. The second-order valence-electron chi connectivity index (χ2n) is 5.25. The quantitative estimate of drug-likeness (QED) is 0.922. The molecule has 4 heteroatoms. The van der Waals surface area contributed by atoms with Crippen LogP contribution in [0, 0.1) is 0 Å². The number of thiophene rings is 1. The van der Waals surface area contributed by atoms with Gasteiger partial charge < -0.3 is 10.1 Å². The minimum atomic E-state index is 0.0961. The Morgan fingerprint density at radius 2 is 2.29 bits per heavy atom. The third kappa shape index (κ3) is 3.85. The molecular weight excluding hydrogens is 282 g/mol. The summed E-state index contributed by atoms with van der Waals surface area (Å²) in [6.07, 6.45) is 3.53. The Labute approximate surface area is 129 Å². The van der Waals surface area contributed by atoms with Crippen LogP contribution in [0.2, 0.25) is 0 Å². The monoisotopic (exact) mass is 301 g/mol. The van der Waals surface area contributed by atoms with Crippen molar-refractivity contribution >= 4 is 17.2 Å². The van der Waals surface area contributed by atoms with E-state index >= 15 is 0 Å². The maximum atomic E-state index is 11.8. The molecular formula is C17H19NO2S. The highest BCUT2D eigenvalue weighted by Gasteiger charge is 2.10. The van der Waals surface area contributed by atoms with Crippen molar-refractivity contribution in [1.29, 1.82) is 0 Å². The lowest BCUT2D eigenvalue weighted by atomic mass is 10.0. The fourth-order valence-electron chi connectivity index (χ4n) is 2.55. The van der Waals surface area contributed by atoms with Crippen LogP contribution in [0.25, 0.3) is 0 Å². The second kappa shape index (κ2) is 6.76. The van der Waals surface area contributed by atoms with Gasteiger partial charge in [0.25, 0.3) is 0 Å². The molecule has 1 aliphatic rings. The highest BCUT2D eigenvalue weighted by atomic mass is 32.1. The number of rotatable bonds is 5. The van der Waals surface area contributed by atoms with E-state index in [1.54, 1.807) is 11.3 Å². The molecule has 3 nitrogen and oxygen atoms in total. The number of benzene rings is 1. The Kier molecular flexibility index (Phi) is 4.55. The molecule has 0 aliphatic carbocycles. The smallest absolute Gasteiger partial charge is 0.225 e. The fourth-order valence-corrected chi connectivity index (χ4v) is 3.25. The normalized spacial score (nSPS) is 13.3. The predicted molar refractivity (Wildman–Crippen MR) is 85.0 cm³/mol. The van der Waals surface area contributed by atoms with Gasteiger partial charge in [-0.25, -0.2) is 0 Å². The van der Waals surface area contributed by atoms with Gasteiger partial charge >= 0.3 is 0 Å². The van der Waals surface area contributed by atoms with Gasteiger partial charge in [0.15, 0.2) is 0 Å². The number of fused-ring (bicyclic) bond motifs is 1. The van der Waals surface area contributed by atoms with E-state index < -0.39 is 0 Å². The highest BCUT2D eigenvalue weighted by molar-refractivity contribution is 7.10. The molecule has 0 radical (unpaired) electrons. The van der Waals surface area contributed by atoms with Crippen molar-refractivity contribution in [3.8, 4) is 5.75 Å². The Hall–Kier alpha value is -1.81. The Morgan fingerprint density at radius 3 is 3.14 bits per heavy atom. The van der Waals surface area contributed by atoms with E-state index in [1.165, 1.54) is 11.1 Å². The van der Waals surface area contributed by atoms with Gasteiger partial charge in [-0.3, -0.25) is 4.79 Å². The van der Waals surface area contributed by atoms with Crippen LogP contribution in [0.1, 0.15) is 22.4 Å². The van der Waals surface area contributed by atoms with Crippen LogP contribution in [0.3, 0.4) is 0 Å². The zero-order valence-electron chi connectivity index (χ0n) is 11.9. The van der Waals surface area contributed by atoms with Crippen molar-refractivity contribution in [3.63, 3.8) is 0 Å². The molecule has 1 aliphatic heterocycles. The van der Waals surface area contributed by atoms with Gasteiger partial charge in [0.05, 0.1) is 13.0 Å². The van der Waals surface area contributed by atoms with E-state index in [0.717, 1.165) is 36.5 Å². The Balaban J connectivity index is 1.48. The van der Waals surface area contributed by atoms with Crippen LogP contribution < -0.4 is 10.1 Å². The largest absolute Gasteiger partial charge is 0.493 e. The summed E-state index contributed by atoms with van der Waals surface area (Å²) in [7, 11) is 0. The summed E-state index contributed by atoms with van der Waals surface area (Å²) in [5, 5.41) is 4.98. The topological polar surface area (TPSA) is 38.3 Å². The molecule has 21 heavy (non-hydrogen) atoms.